The first-order valence-corrected chi connectivity index (χ1v) is 4.16. The maximum Gasteiger partial charge on any atom is 0.308 e. The Hall–Kier alpha value is -1.91. The van der Waals surface area contributed by atoms with E-state index < -0.39 is 17.8 Å². The number of hydrogen-bond acceptors (Lipinski definition) is 4. The van der Waals surface area contributed by atoms with Crippen molar-refractivity contribution in [1.82, 2.24) is 0 Å². The van der Waals surface area contributed by atoms with Crippen molar-refractivity contribution in [3.63, 3.8) is 0 Å². The number of ether oxygens (including phenoxy) is 2. The molecule has 0 atom stereocenters. The summed E-state index contributed by atoms with van der Waals surface area (Å²) < 4.78 is 22.4. The second-order valence-electron chi connectivity index (χ2n) is 2.75. The Balaban J connectivity index is 3.08. The minimum Gasteiger partial charge on any atom is -0.423 e. The van der Waals surface area contributed by atoms with Crippen LogP contribution in [-0.4, -0.2) is 11.9 Å². The van der Waals surface area contributed by atoms with Gasteiger partial charge in [-0.15, -0.1) is 0 Å². The molecule has 1 aromatic carbocycles. The molecule has 0 bridgehead atoms. The van der Waals surface area contributed by atoms with Gasteiger partial charge in [-0.2, -0.15) is 0 Å². The van der Waals surface area contributed by atoms with Crippen LogP contribution in [0.4, 0.5) is 4.39 Å². The maximum absolute atomic E-state index is 13.2. The van der Waals surface area contributed by atoms with E-state index in [1.807, 2.05) is 0 Å². The van der Waals surface area contributed by atoms with Gasteiger partial charge < -0.3 is 9.47 Å². The van der Waals surface area contributed by atoms with Crippen LogP contribution in [0, 0.1) is 5.82 Å². The summed E-state index contributed by atoms with van der Waals surface area (Å²) in [5, 5.41) is 0. The highest BCUT2D eigenvalue weighted by Gasteiger charge is 2.14. The molecule has 0 aliphatic heterocycles. The lowest BCUT2D eigenvalue weighted by Crippen LogP contribution is -2.08. The largest absolute Gasteiger partial charge is 0.423 e. The summed E-state index contributed by atoms with van der Waals surface area (Å²) >= 11 is 0. The first-order valence-electron chi connectivity index (χ1n) is 4.16. The van der Waals surface area contributed by atoms with E-state index in [-0.39, 0.29) is 11.5 Å². The van der Waals surface area contributed by atoms with Crippen LogP contribution in [0.2, 0.25) is 0 Å². The van der Waals surface area contributed by atoms with E-state index >= 15 is 0 Å². The third-order valence-electron chi connectivity index (χ3n) is 1.43. The molecule has 0 radical (unpaired) electrons. The Labute approximate surface area is 85.6 Å². The molecular formula is C10H9FO4. The third kappa shape index (κ3) is 3.05. The van der Waals surface area contributed by atoms with Crippen LogP contribution >= 0.6 is 0 Å². The Morgan fingerprint density at radius 2 is 1.73 bits per heavy atom. The quantitative estimate of drug-likeness (QED) is 0.552. The molecule has 0 aliphatic carbocycles. The molecule has 80 valence electrons. The number of hydrogen-bond donors (Lipinski definition) is 0. The zero-order valence-electron chi connectivity index (χ0n) is 8.24. The fourth-order valence-electron chi connectivity index (χ4n) is 0.967. The molecular weight excluding hydrogens is 203 g/mol. The fourth-order valence-corrected chi connectivity index (χ4v) is 0.967. The minimum atomic E-state index is -0.760. The van der Waals surface area contributed by atoms with Crippen LogP contribution in [-0.2, 0) is 9.59 Å². The number of benzene rings is 1. The van der Waals surface area contributed by atoms with Crippen LogP contribution < -0.4 is 9.47 Å². The van der Waals surface area contributed by atoms with Crippen molar-refractivity contribution < 1.29 is 23.5 Å². The van der Waals surface area contributed by atoms with Gasteiger partial charge in [-0.1, -0.05) is 6.07 Å². The summed E-state index contributed by atoms with van der Waals surface area (Å²) in [5.74, 6) is -2.55. The molecule has 0 unspecified atom stereocenters. The lowest BCUT2D eigenvalue weighted by Gasteiger charge is -2.08. The number of carbonyl (C=O) groups is 2. The highest BCUT2D eigenvalue weighted by atomic mass is 19.1. The Kier molecular flexibility index (Phi) is 3.38. The lowest BCUT2D eigenvalue weighted by molar-refractivity contribution is -0.134. The molecule has 0 amide bonds. The third-order valence-corrected chi connectivity index (χ3v) is 1.43. The average molecular weight is 212 g/mol. The molecule has 1 rings (SSSR count). The van der Waals surface area contributed by atoms with Gasteiger partial charge in [-0.05, 0) is 12.1 Å². The van der Waals surface area contributed by atoms with E-state index in [0.717, 1.165) is 13.0 Å². The predicted octanol–water partition coefficient (Wildman–Crippen LogP) is 1.68. The van der Waals surface area contributed by atoms with Crippen molar-refractivity contribution >= 4 is 11.9 Å². The van der Waals surface area contributed by atoms with Gasteiger partial charge in [0.25, 0.3) is 0 Å². The SMILES string of the molecule is CC(=O)Oc1cccc(F)c1OC(C)=O. The van der Waals surface area contributed by atoms with Gasteiger partial charge in [-0.25, -0.2) is 4.39 Å². The zero-order chi connectivity index (χ0) is 11.4. The van der Waals surface area contributed by atoms with E-state index in [4.69, 9.17) is 0 Å². The molecule has 5 heteroatoms. The van der Waals surface area contributed by atoms with Gasteiger partial charge in [0.15, 0.2) is 11.6 Å². The van der Waals surface area contributed by atoms with Crippen LogP contribution in [0.15, 0.2) is 18.2 Å². The molecule has 1 aromatic rings. The monoisotopic (exact) mass is 212 g/mol. The molecule has 0 saturated carbocycles. The van der Waals surface area contributed by atoms with Crippen LogP contribution in [0.3, 0.4) is 0 Å². The van der Waals surface area contributed by atoms with Gasteiger partial charge >= 0.3 is 11.9 Å². The molecule has 4 nitrogen and oxygen atoms in total. The fraction of sp³-hybridized carbons (Fsp3) is 0.200. The molecule has 0 aromatic heterocycles. The molecule has 15 heavy (non-hydrogen) atoms. The molecule has 0 saturated heterocycles. The first-order chi connectivity index (χ1) is 7.00. The van der Waals surface area contributed by atoms with Gasteiger partial charge in [0.05, 0.1) is 0 Å². The van der Waals surface area contributed by atoms with E-state index in [1.165, 1.54) is 19.1 Å². The van der Waals surface area contributed by atoms with Gasteiger partial charge in [0, 0.05) is 13.8 Å². The topological polar surface area (TPSA) is 52.6 Å². The standard InChI is InChI=1S/C10H9FO4/c1-6(12)14-9-5-3-4-8(11)10(9)15-7(2)13/h3-5H,1-2H3. The van der Waals surface area contributed by atoms with E-state index in [2.05, 4.69) is 9.47 Å². The molecule has 0 aliphatic rings. The summed E-state index contributed by atoms with van der Waals surface area (Å²) in [5.41, 5.74) is 0. The maximum atomic E-state index is 13.2. The molecule has 0 spiro atoms. The Bertz CT molecular complexity index is 400. The summed E-state index contributed by atoms with van der Waals surface area (Å²) in [6.45, 7) is 2.30. The highest BCUT2D eigenvalue weighted by molar-refractivity contribution is 5.73. The van der Waals surface area contributed by atoms with Crippen LogP contribution in [0.1, 0.15) is 13.8 Å². The molecule has 0 N–H and O–H groups in total. The second-order valence-corrected chi connectivity index (χ2v) is 2.75. The van der Waals surface area contributed by atoms with Crippen LogP contribution in [0.5, 0.6) is 11.5 Å². The van der Waals surface area contributed by atoms with Crippen molar-refractivity contribution in [2.75, 3.05) is 0 Å². The molecule has 0 fully saturated rings. The van der Waals surface area contributed by atoms with Gasteiger partial charge in [-0.3, -0.25) is 9.59 Å². The summed E-state index contributed by atoms with van der Waals surface area (Å²) in [6, 6.07) is 3.79. The minimum absolute atomic E-state index is 0.113. The van der Waals surface area contributed by atoms with Crippen molar-refractivity contribution in [3.05, 3.63) is 24.0 Å². The number of esters is 2. The van der Waals surface area contributed by atoms with Crippen molar-refractivity contribution in [3.8, 4) is 11.5 Å². The summed E-state index contributed by atoms with van der Waals surface area (Å²) in [6.07, 6.45) is 0. The smallest absolute Gasteiger partial charge is 0.308 e. The van der Waals surface area contributed by atoms with Gasteiger partial charge in [0.1, 0.15) is 0 Å². The number of rotatable bonds is 2. The lowest BCUT2D eigenvalue weighted by atomic mass is 10.3. The second kappa shape index (κ2) is 4.54. The van der Waals surface area contributed by atoms with Crippen LogP contribution in [0.25, 0.3) is 0 Å². The van der Waals surface area contributed by atoms with Crippen molar-refractivity contribution in [2.24, 2.45) is 0 Å². The number of carbonyl (C=O) groups excluding carboxylic acids is 2. The van der Waals surface area contributed by atoms with E-state index in [9.17, 15) is 14.0 Å². The Morgan fingerprint density at radius 3 is 2.27 bits per heavy atom. The predicted molar refractivity (Wildman–Crippen MR) is 49.0 cm³/mol. The van der Waals surface area contributed by atoms with Crippen molar-refractivity contribution in [2.45, 2.75) is 13.8 Å². The first kappa shape index (κ1) is 11.2. The van der Waals surface area contributed by atoms with Gasteiger partial charge in [0.2, 0.25) is 5.75 Å². The van der Waals surface area contributed by atoms with E-state index in [0.29, 0.717) is 0 Å². The highest BCUT2D eigenvalue weighted by Crippen LogP contribution is 2.30. The normalized spacial score (nSPS) is 9.53. The Morgan fingerprint density at radius 1 is 1.13 bits per heavy atom. The number of para-hydroxylation sites is 1. The van der Waals surface area contributed by atoms with Crippen molar-refractivity contribution in [1.29, 1.82) is 0 Å². The summed E-state index contributed by atoms with van der Waals surface area (Å²) in [4.78, 5) is 21.4. The average Bonchev–Trinajstić information content (AvgIpc) is 2.09. The zero-order valence-corrected chi connectivity index (χ0v) is 8.24. The summed E-state index contributed by atoms with van der Waals surface area (Å²) in [7, 11) is 0. The van der Waals surface area contributed by atoms with E-state index in [1.54, 1.807) is 0 Å². The number of halogens is 1. The molecule has 0 heterocycles.